The molecule has 0 spiro atoms. The minimum Gasteiger partial charge on any atom is -0.397 e. The number of primary amides is 1. The molecule has 2 rings (SSSR count). The van der Waals surface area contributed by atoms with Crippen LogP contribution in [0.4, 0.5) is 17.1 Å². The standard InChI is InChI=1S/C13H12ClN3O/c14-9-2-1-3-10(7-9)17-12-5-4-8(13(16)18)6-11(12)15/h1-7,17H,15H2,(H2,16,18). The summed E-state index contributed by atoms with van der Waals surface area (Å²) in [5.74, 6) is -0.504. The van der Waals surface area contributed by atoms with Crippen LogP contribution in [0.3, 0.4) is 0 Å². The number of halogens is 1. The van der Waals surface area contributed by atoms with Crippen molar-refractivity contribution < 1.29 is 4.79 Å². The maximum absolute atomic E-state index is 11.0. The summed E-state index contributed by atoms with van der Waals surface area (Å²) in [5, 5.41) is 3.75. The molecule has 0 aliphatic rings. The first-order chi connectivity index (χ1) is 8.56. The number of rotatable bonds is 3. The van der Waals surface area contributed by atoms with Gasteiger partial charge in [0.25, 0.3) is 0 Å². The van der Waals surface area contributed by atoms with E-state index >= 15 is 0 Å². The van der Waals surface area contributed by atoms with Crippen LogP contribution in [0.2, 0.25) is 5.02 Å². The number of amides is 1. The van der Waals surface area contributed by atoms with E-state index < -0.39 is 5.91 Å². The Bertz CT molecular complexity index is 599. The quantitative estimate of drug-likeness (QED) is 0.743. The molecule has 2 aromatic rings. The fourth-order valence-electron chi connectivity index (χ4n) is 1.55. The molecule has 0 saturated carbocycles. The molecule has 0 radical (unpaired) electrons. The molecular formula is C13H12ClN3O. The highest BCUT2D eigenvalue weighted by Crippen LogP contribution is 2.25. The number of hydrogen-bond donors (Lipinski definition) is 3. The zero-order valence-electron chi connectivity index (χ0n) is 9.48. The topological polar surface area (TPSA) is 81.1 Å². The monoisotopic (exact) mass is 261 g/mol. The van der Waals surface area contributed by atoms with Gasteiger partial charge in [-0.3, -0.25) is 4.79 Å². The summed E-state index contributed by atoms with van der Waals surface area (Å²) in [4.78, 5) is 11.0. The predicted molar refractivity (Wildman–Crippen MR) is 74.1 cm³/mol. The van der Waals surface area contributed by atoms with Crippen molar-refractivity contribution in [1.82, 2.24) is 0 Å². The maximum Gasteiger partial charge on any atom is 0.248 e. The van der Waals surface area contributed by atoms with Crippen LogP contribution in [0, 0.1) is 0 Å². The SMILES string of the molecule is NC(=O)c1ccc(Nc2cccc(Cl)c2)c(N)c1. The highest BCUT2D eigenvalue weighted by Gasteiger charge is 2.05. The Balaban J connectivity index is 2.27. The van der Waals surface area contributed by atoms with Gasteiger partial charge in [-0.2, -0.15) is 0 Å². The molecule has 92 valence electrons. The third-order valence-electron chi connectivity index (χ3n) is 2.44. The van der Waals surface area contributed by atoms with Gasteiger partial charge in [0.2, 0.25) is 5.91 Å². The van der Waals surface area contributed by atoms with Crippen molar-refractivity contribution in [3.8, 4) is 0 Å². The molecule has 0 unspecified atom stereocenters. The lowest BCUT2D eigenvalue weighted by Crippen LogP contribution is -2.11. The average Bonchev–Trinajstić information content (AvgIpc) is 2.31. The Labute approximate surface area is 110 Å². The van der Waals surface area contributed by atoms with Crippen LogP contribution in [0.1, 0.15) is 10.4 Å². The Morgan fingerprint density at radius 3 is 2.56 bits per heavy atom. The largest absolute Gasteiger partial charge is 0.397 e. The van der Waals surface area contributed by atoms with E-state index in [0.29, 0.717) is 22.0 Å². The van der Waals surface area contributed by atoms with Crippen molar-refractivity contribution in [1.29, 1.82) is 0 Å². The Morgan fingerprint density at radius 1 is 1.17 bits per heavy atom. The van der Waals surface area contributed by atoms with E-state index in [1.807, 2.05) is 12.1 Å². The van der Waals surface area contributed by atoms with Gasteiger partial charge in [0.05, 0.1) is 11.4 Å². The van der Waals surface area contributed by atoms with E-state index in [-0.39, 0.29) is 0 Å². The first-order valence-electron chi connectivity index (χ1n) is 5.28. The molecular weight excluding hydrogens is 250 g/mol. The van der Waals surface area contributed by atoms with Gasteiger partial charge in [-0.15, -0.1) is 0 Å². The molecule has 1 amide bonds. The third kappa shape index (κ3) is 2.73. The lowest BCUT2D eigenvalue weighted by Gasteiger charge is -2.10. The fourth-order valence-corrected chi connectivity index (χ4v) is 1.74. The Hall–Kier alpha value is -2.20. The first kappa shape index (κ1) is 12.3. The second kappa shape index (κ2) is 4.98. The van der Waals surface area contributed by atoms with Crippen molar-refractivity contribution >= 4 is 34.6 Å². The van der Waals surface area contributed by atoms with Crippen LogP contribution >= 0.6 is 11.6 Å². The summed E-state index contributed by atoms with van der Waals surface area (Å²) < 4.78 is 0. The zero-order chi connectivity index (χ0) is 13.1. The fraction of sp³-hybridized carbons (Fsp3) is 0. The lowest BCUT2D eigenvalue weighted by atomic mass is 10.1. The third-order valence-corrected chi connectivity index (χ3v) is 2.67. The molecule has 0 fully saturated rings. The van der Waals surface area contributed by atoms with Crippen LogP contribution < -0.4 is 16.8 Å². The number of nitrogens with one attached hydrogen (secondary N) is 1. The van der Waals surface area contributed by atoms with Gasteiger partial charge in [0.15, 0.2) is 0 Å². The van der Waals surface area contributed by atoms with Crippen LogP contribution in [-0.4, -0.2) is 5.91 Å². The molecule has 5 N–H and O–H groups in total. The van der Waals surface area contributed by atoms with Gasteiger partial charge >= 0.3 is 0 Å². The molecule has 2 aromatic carbocycles. The van der Waals surface area contributed by atoms with Crippen LogP contribution in [0.25, 0.3) is 0 Å². The van der Waals surface area contributed by atoms with Crippen molar-refractivity contribution in [2.45, 2.75) is 0 Å². The van der Waals surface area contributed by atoms with E-state index in [9.17, 15) is 4.79 Å². The molecule has 0 aromatic heterocycles. The zero-order valence-corrected chi connectivity index (χ0v) is 10.2. The first-order valence-corrected chi connectivity index (χ1v) is 5.66. The lowest BCUT2D eigenvalue weighted by molar-refractivity contribution is 0.100. The van der Waals surface area contributed by atoms with Gasteiger partial charge in [0, 0.05) is 16.3 Å². The molecule has 18 heavy (non-hydrogen) atoms. The summed E-state index contributed by atoms with van der Waals surface area (Å²) >= 11 is 5.89. The molecule has 4 nitrogen and oxygen atoms in total. The second-order valence-corrected chi connectivity index (χ2v) is 4.24. The summed E-state index contributed by atoms with van der Waals surface area (Å²) in [6.45, 7) is 0. The summed E-state index contributed by atoms with van der Waals surface area (Å²) in [5.41, 5.74) is 13.4. The molecule has 5 heteroatoms. The molecule has 0 aliphatic heterocycles. The average molecular weight is 262 g/mol. The van der Waals surface area contributed by atoms with Crippen LogP contribution in [-0.2, 0) is 0 Å². The van der Waals surface area contributed by atoms with Gasteiger partial charge in [-0.05, 0) is 36.4 Å². The van der Waals surface area contributed by atoms with Crippen LogP contribution in [0.5, 0.6) is 0 Å². The van der Waals surface area contributed by atoms with Gasteiger partial charge in [-0.1, -0.05) is 17.7 Å². The smallest absolute Gasteiger partial charge is 0.248 e. The minimum absolute atomic E-state index is 0.379. The van der Waals surface area contributed by atoms with Gasteiger partial charge in [0.1, 0.15) is 0 Å². The summed E-state index contributed by atoms with van der Waals surface area (Å²) in [6.07, 6.45) is 0. The number of carbonyl (C=O) groups excluding carboxylic acids is 1. The molecule has 0 atom stereocenters. The number of nitrogens with two attached hydrogens (primary N) is 2. The number of nitrogen functional groups attached to an aromatic ring is 1. The van der Waals surface area contributed by atoms with Crippen molar-refractivity contribution in [3.63, 3.8) is 0 Å². The Morgan fingerprint density at radius 2 is 1.94 bits per heavy atom. The van der Waals surface area contributed by atoms with E-state index in [2.05, 4.69) is 5.32 Å². The van der Waals surface area contributed by atoms with Crippen molar-refractivity contribution in [2.75, 3.05) is 11.1 Å². The molecule has 0 saturated heterocycles. The van der Waals surface area contributed by atoms with E-state index in [4.69, 9.17) is 23.1 Å². The van der Waals surface area contributed by atoms with Gasteiger partial charge in [-0.25, -0.2) is 0 Å². The number of hydrogen-bond acceptors (Lipinski definition) is 3. The molecule has 0 heterocycles. The predicted octanol–water partition coefficient (Wildman–Crippen LogP) is 2.76. The van der Waals surface area contributed by atoms with E-state index in [1.54, 1.807) is 24.3 Å². The van der Waals surface area contributed by atoms with E-state index in [1.165, 1.54) is 6.07 Å². The van der Waals surface area contributed by atoms with Crippen molar-refractivity contribution in [2.24, 2.45) is 5.73 Å². The number of benzene rings is 2. The second-order valence-electron chi connectivity index (χ2n) is 3.80. The highest BCUT2D eigenvalue weighted by molar-refractivity contribution is 6.30. The maximum atomic E-state index is 11.0. The summed E-state index contributed by atoms with van der Waals surface area (Å²) in [7, 11) is 0. The Kier molecular flexibility index (Phi) is 3.39. The number of anilines is 3. The van der Waals surface area contributed by atoms with Crippen LogP contribution in [0.15, 0.2) is 42.5 Å². The minimum atomic E-state index is -0.504. The van der Waals surface area contributed by atoms with Crippen molar-refractivity contribution in [3.05, 3.63) is 53.1 Å². The van der Waals surface area contributed by atoms with E-state index in [0.717, 1.165) is 5.69 Å². The molecule has 0 bridgehead atoms. The highest BCUT2D eigenvalue weighted by atomic mass is 35.5. The van der Waals surface area contributed by atoms with Gasteiger partial charge < -0.3 is 16.8 Å². The molecule has 0 aliphatic carbocycles. The normalized spacial score (nSPS) is 10.1. The number of carbonyl (C=O) groups is 1. The summed E-state index contributed by atoms with van der Waals surface area (Å²) in [6, 6.07) is 12.1.